The van der Waals surface area contributed by atoms with Crippen molar-refractivity contribution in [3.63, 3.8) is 0 Å². The minimum atomic E-state index is -3.23. The third-order valence-electron chi connectivity index (χ3n) is 7.40. The minimum Gasteiger partial charge on any atom is -0.324 e. The summed E-state index contributed by atoms with van der Waals surface area (Å²) >= 11 is 0. The molecule has 0 spiro atoms. The highest BCUT2D eigenvalue weighted by Crippen LogP contribution is 2.27. The monoisotopic (exact) mass is 531 g/mol. The van der Waals surface area contributed by atoms with Crippen LogP contribution in [0.2, 0.25) is 0 Å². The molecule has 0 amide bonds. The molecule has 1 N–H and O–H groups in total. The van der Waals surface area contributed by atoms with Crippen molar-refractivity contribution in [2.24, 2.45) is 0 Å². The number of aromatic nitrogens is 3. The number of nitrogens with zero attached hydrogens (tertiary/aromatic N) is 6. The van der Waals surface area contributed by atoms with Gasteiger partial charge in [0.05, 0.1) is 11.4 Å². The van der Waals surface area contributed by atoms with Crippen LogP contribution in [0.15, 0.2) is 67.0 Å². The van der Waals surface area contributed by atoms with E-state index in [1.165, 1.54) is 9.87 Å². The van der Waals surface area contributed by atoms with Gasteiger partial charge >= 0.3 is 0 Å². The molecule has 38 heavy (non-hydrogen) atoms. The minimum absolute atomic E-state index is 0.211. The maximum atomic E-state index is 12.5. The highest BCUT2D eigenvalue weighted by Gasteiger charge is 2.26. The van der Waals surface area contributed by atoms with Crippen molar-refractivity contribution in [1.82, 2.24) is 24.3 Å². The smallest absolute Gasteiger partial charge is 0.235 e. The Morgan fingerprint density at radius 1 is 0.868 bits per heavy atom. The highest BCUT2D eigenvalue weighted by atomic mass is 32.2. The lowest BCUT2D eigenvalue weighted by molar-refractivity contribution is 0.148. The Hall–Kier alpha value is -3.47. The Balaban J connectivity index is 1.17. The SMILES string of the molecule is CN1CCN(Cc2ccc(Nc3ncc4ccn(-c5ccc(N6CCCCS6(=O)=O)cc5)c4n3)cc2)CC1. The summed E-state index contributed by atoms with van der Waals surface area (Å²) in [5.41, 5.74) is 4.64. The summed E-state index contributed by atoms with van der Waals surface area (Å²) in [6.07, 6.45) is 5.39. The molecule has 2 aromatic carbocycles. The maximum absolute atomic E-state index is 12.5. The average molecular weight is 532 g/mol. The number of sulfonamides is 1. The van der Waals surface area contributed by atoms with E-state index in [0.717, 1.165) is 68.0 Å². The van der Waals surface area contributed by atoms with Crippen LogP contribution in [0, 0.1) is 0 Å². The fourth-order valence-corrected chi connectivity index (χ4v) is 6.77. The highest BCUT2D eigenvalue weighted by molar-refractivity contribution is 7.92. The van der Waals surface area contributed by atoms with Gasteiger partial charge < -0.3 is 14.8 Å². The van der Waals surface area contributed by atoms with E-state index in [0.29, 0.717) is 18.2 Å². The lowest BCUT2D eigenvalue weighted by atomic mass is 10.2. The van der Waals surface area contributed by atoms with Crippen LogP contribution >= 0.6 is 0 Å². The summed E-state index contributed by atoms with van der Waals surface area (Å²) in [5, 5.41) is 4.26. The second-order valence-electron chi connectivity index (χ2n) is 10.2. The molecule has 198 valence electrons. The quantitative estimate of drug-likeness (QED) is 0.405. The van der Waals surface area contributed by atoms with Crippen LogP contribution in [0.1, 0.15) is 18.4 Å². The fourth-order valence-electron chi connectivity index (χ4n) is 5.13. The molecule has 0 bridgehead atoms. The van der Waals surface area contributed by atoms with E-state index in [9.17, 15) is 8.42 Å². The van der Waals surface area contributed by atoms with E-state index in [2.05, 4.69) is 51.4 Å². The Morgan fingerprint density at radius 3 is 2.34 bits per heavy atom. The second-order valence-corrected chi connectivity index (χ2v) is 12.2. The third-order valence-corrected chi connectivity index (χ3v) is 9.27. The van der Waals surface area contributed by atoms with Crippen LogP contribution in [-0.2, 0) is 16.6 Å². The van der Waals surface area contributed by atoms with E-state index in [4.69, 9.17) is 4.98 Å². The molecule has 0 saturated carbocycles. The third kappa shape index (κ3) is 5.24. The molecule has 4 heterocycles. The molecule has 10 heteroatoms. The molecular weight excluding hydrogens is 498 g/mol. The first-order valence-electron chi connectivity index (χ1n) is 13.2. The summed E-state index contributed by atoms with van der Waals surface area (Å²) in [5.74, 6) is 0.739. The molecule has 4 aromatic rings. The van der Waals surface area contributed by atoms with E-state index in [1.54, 1.807) is 0 Å². The molecule has 0 atom stereocenters. The molecule has 2 aliphatic rings. The molecule has 0 aliphatic carbocycles. The lowest BCUT2D eigenvalue weighted by Crippen LogP contribution is -2.43. The zero-order valence-corrected chi connectivity index (χ0v) is 22.4. The van der Waals surface area contributed by atoms with E-state index < -0.39 is 10.0 Å². The molecule has 0 unspecified atom stereocenters. The van der Waals surface area contributed by atoms with Crippen molar-refractivity contribution >= 4 is 38.4 Å². The van der Waals surface area contributed by atoms with Crippen molar-refractivity contribution in [3.05, 3.63) is 72.6 Å². The molecule has 0 radical (unpaired) electrons. The van der Waals surface area contributed by atoms with Crippen LogP contribution in [0.25, 0.3) is 16.7 Å². The van der Waals surface area contributed by atoms with Crippen molar-refractivity contribution in [2.75, 3.05) is 55.1 Å². The van der Waals surface area contributed by atoms with Gasteiger partial charge in [-0.15, -0.1) is 0 Å². The maximum Gasteiger partial charge on any atom is 0.235 e. The standard InChI is InChI=1S/C28H33N7O2S/c1-32-15-17-33(18-16-32)21-22-4-6-24(7-5-22)30-28-29-20-23-12-14-34(27(23)31-28)25-8-10-26(11-9-25)35-13-2-3-19-38(35,36)37/h4-12,14,20H,2-3,13,15-19,21H2,1H3,(H,29,30,31). The first kappa shape index (κ1) is 24.8. The van der Waals surface area contributed by atoms with Gasteiger partial charge in [0.15, 0.2) is 0 Å². The van der Waals surface area contributed by atoms with Gasteiger partial charge in [0.25, 0.3) is 0 Å². The number of piperazine rings is 1. The number of benzene rings is 2. The molecule has 2 fully saturated rings. The Bertz CT molecular complexity index is 1510. The van der Waals surface area contributed by atoms with Gasteiger partial charge in [0, 0.05) is 68.4 Å². The Kier molecular flexibility index (Phi) is 6.77. The molecule has 6 rings (SSSR count). The van der Waals surface area contributed by atoms with Gasteiger partial charge in [-0.2, -0.15) is 4.98 Å². The van der Waals surface area contributed by atoms with Gasteiger partial charge in [-0.3, -0.25) is 9.21 Å². The fraction of sp³-hybridized carbons (Fsp3) is 0.357. The Morgan fingerprint density at radius 2 is 1.61 bits per heavy atom. The van der Waals surface area contributed by atoms with E-state index in [-0.39, 0.29) is 5.75 Å². The summed E-state index contributed by atoms with van der Waals surface area (Å²) in [6, 6.07) is 18.1. The van der Waals surface area contributed by atoms with Gasteiger partial charge in [-0.1, -0.05) is 12.1 Å². The van der Waals surface area contributed by atoms with Gasteiger partial charge in [-0.05, 0) is 67.9 Å². The van der Waals surface area contributed by atoms with Crippen LogP contribution < -0.4 is 9.62 Å². The number of nitrogens with one attached hydrogen (secondary N) is 1. The van der Waals surface area contributed by atoms with Crippen LogP contribution in [0.5, 0.6) is 0 Å². The first-order chi connectivity index (χ1) is 18.4. The Labute approximate surface area is 223 Å². The second kappa shape index (κ2) is 10.4. The zero-order chi connectivity index (χ0) is 26.1. The summed E-state index contributed by atoms with van der Waals surface area (Å²) in [4.78, 5) is 14.1. The van der Waals surface area contributed by atoms with Gasteiger partial charge in [-0.25, -0.2) is 13.4 Å². The normalized spacial score (nSPS) is 18.6. The van der Waals surface area contributed by atoms with Crippen molar-refractivity contribution in [2.45, 2.75) is 19.4 Å². The summed E-state index contributed by atoms with van der Waals surface area (Å²) in [7, 11) is -1.06. The van der Waals surface area contributed by atoms with Crippen LogP contribution in [-0.4, -0.2) is 78.3 Å². The van der Waals surface area contributed by atoms with E-state index in [1.807, 2.05) is 47.3 Å². The number of rotatable bonds is 6. The first-order valence-corrected chi connectivity index (χ1v) is 14.8. The summed E-state index contributed by atoms with van der Waals surface area (Å²) < 4.78 is 28.5. The number of fused-ring (bicyclic) bond motifs is 1. The molecule has 9 nitrogen and oxygen atoms in total. The molecule has 2 aromatic heterocycles. The van der Waals surface area contributed by atoms with Gasteiger partial charge in [0.2, 0.25) is 16.0 Å². The summed E-state index contributed by atoms with van der Waals surface area (Å²) in [6.45, 7) is 5.94. The van der Waals surface area contributed by atoms with Gasteiger partial charge in [0.1, 0.15) is 5.65 Å². The predicted octanol–water partition coefficient (Wildman–Crippen LogP) is 3.84. The topological polar surface area (TPSA) is 86.6 Å². The zero-order valence-electron chi connectivity index (χ0n) is 21.6. The number of anilines is 3. The molecule has 2 saturated heterocycles. The average Bonchev–Trinajstić information content (AvgIpc) is 3.34. The predicted molar refractivity (Wildman–Crippen MR) is 152 cm³/mol. The van der Waals surface area contributed by atoms with E-state index >= 15 is 0 Å². The lowest BCUT2D eigenvalue weighted by Gasteiger charge is -2.32. The number of hydrogen-bond donors (Lipinski definition) is 1. The molecule has 2 aliphatic heterocycles. The van der Waals surface area contributed by atoms with Crippen LogP contribution in [0.3, 0.4) is 0 Å². The van der Waals surface area contributed by atoms with Crippen molar-refractivity contribution in [3.8, 4) is 5.69 Å². The largest absolute Gasteiger partial charge is 0.324 e. The molecular formula is C28H33N7O2S. The van der Waals surface area contributed by atoms with Crippen molar-refractivity contribution < 1.29 is 8.42 Å². The van der Waals surface area contributed by atoms with Crippen LogP contribution in [0.4, 0.5) is 17.3 Å². The van der Waals surface area contributed by atoms with Crippen molar-refractivity contribution in [1.29, 1.82) is 0 Å². The number of likely N-dealkylation sites (N-methyl/N-ethyl adjacent to an activating group) is 1. The number of hydrogen-bond acceptors (Lipinski definition) is 7.